The number of nitrogens with one attached hydrogen (secondary N) is 1. The Labute approximate surface area is 99.8 Å². The highest BCUT2D eigenvalue weighted by Crippen LogP contribution is 2.31. The van der Waals surface area contributed by atoms with Crippen molar-refractivity contribution in [1.82, 2.24) is 5.32 Å². The summed E-state index contributed by atoms with van der Waals surface area (Å²) in [7, 11) is 0. The molecule has 0 atom stereocenters. The van der Waals surface area contributed by atoms with Gasteiger partial charge >= 0.3 is 0 Å². The van der Waals surface area contributed by atoms with Crippen LogP contribution in [0.4, 0.5) is 0 Å². The molecule has 1 nitrogen and oxygen atoms in total. The van der Waals surface area contributed by atoms with Crippen LogP contribution in [0.2, 0.25) is 0 Å². The minimum absolute atomic E-state index is 0. The van der Waals surface area contributed by atoms with E-state index in [0.717, 1.165) is 13.1 Å². The van der Waals surface area contributed by atoms with Crippen molar-refractivity contribution in [3.8, 4) is 0 Å². The monoisotopic (exact) mass is 275 g/mol. The van der Waals surface area contributed by atoms with E-state index >= 15 is 0 Å². The summed E-state index contributed by atoms with van der Waals surface area (Å²) in [5, 5.41) is 3.44. The van der Waals surface area contributed by atoms with Crippen LogP contribution in [0.5, 0.6) is 0 Å². The van der Waals surface area contributed by atoms with Crippen LogP contribution in [0.1, 0.15) is 25.0 Å². The second kappa shape index (κ2) is 4.21. The van der Waals surface area contributed by atoms with Crippen LogP contribution >= 0.6 is 28.3 Å². The topological polar surface area (TPSA) is 12.0 Å². The van der Waals surface area contributed by atoms with E-state index in [2.05, 4.69) is 53.3 Å². The van der Waals surface area contributed by atoms with E-state index in [1.807, 2.05) is 0 Å². The second-order valence-corrected chi connectivity index (χ2v) is 5.20. The molecule has 0 bridgehead atoms. The van der Waals surface area contributed by atoms with Crippen LogP contribution < -0.4 is 5.32 Å². The molecule has 1 aromatic carbocycles. The van der Waals surface area contributed by atoms with Crippen molar-refractivity contribution in [2.24, 2.45) is 0 Å². The summed E-state index contributed by atoms with van der Waals surface area (Å²) in [6, 6.07) is 6.56. The average molecular weight is 277 g/mol. The van der Waals surface area contributed by atoms with Crippen molar-refractivity contribution in [3.63, 3.8) is 0 Å². The summed E-state index contributed by atoms with van der Waals surface area (Å²) < 4.78 is 1.18. The number of fused-ring (bicyclic) bond motifs is 1. The van der Waals surface area contributed by atoms with Gasteiger partial charge in [0.2, 0.25) is 0 Å². The van der Waals surface area contributed by atoms with Gasteiger partial charge in [0.05, 0.1) is 0 Å². The molecule has 1 heterocycles. The molecule has 14 heavy (non-hydrogen) atoms. The lowest BCUT2D eigenvalue weighted by molar-refractivity contribution is 0.434. The normalized spacial score (nSPS) is 18.2. The zero-order valence-corrected chi connectivity index (χ0v) is 10.8. The third-order valence-electron chi connectivity index (χ3n) is 2.68. The molecule has 2 rings (SSSR count). The molecule has 0 radical (unpaired) electrons. The molecule has 0 amide bonds. The highest BCUT2D eigenvalue weighted by Gasteiger charge is 2.26. The first-order chi connectivity index (χ1) is 6.09. The second-order valence-electron chi connectivity index (χ2n) is 4.29. The van der Waals surface area contributed by atoms with Crippen molar-refractivity contribution in [2.75, 3.05) is 6.54 Å². The van der Waals surface area contributed by atoms with E-state index < -0.39 is 0 Å². The molecular formula is C11H15BrClN. The number of halogens is 2. The maximum absolute atomic E-state index is 3.52. The molecule has 0 saturated heterocycles. The van der Waals surface area contributed by atoms with Crippen LogP contribution in [0.15, 0.2) is 22.7 Å². The molecule has 3 heteroatoms. The average Bonchev–Trinajstić information content (AvgIpc) is 2.06. The molecule has 1 aromatic rings. The Bertz CT molecular complexity index is 336. The molecule has 0 saturated carbocycles. The van der Waals surface area contributed by atoms with Crippen LogP contribution in [0.3, 0.4) is 0 Å². The van der Waals surface area contributed by atoms with E-state index in [4.69, 9.17) is 0 Å². The Morgan fingerprint density at radius 2 is 2.07 bits per heavy atom. The zero-order chi connectivity index (χ0) is 9.47. The third kappa shape index (κ3) is 2.13. The summed E-state index contributed by atoms with van der Waals surface area (Å²) in [4.78, 5) is 0. The standard InChI is InChI=1S/C11H14BrN.ClH/c1-11(2)7-13-6-8-3-4-9(12)5-10(8)11;/h3-5,13H,6-7H2,1-2H3;1H. The fourth-order valence-corrected chi connectivity index (χ4v) is 2.30. The van der Waals surface area contributed by atoms with Crippen molar-refractivity contribution >= 4 is 28.3 Å². The number of rotatable bonds is 0. The van der Waals surface area contributed by atoms with E-state index in [9.17, 15) is 0 Å². The Kier molecular flexibility index (Phi) is 3.62. The highest BCUT2D eigenvalue weighted by molar-refractivity contribution is 9.10. The summed E-state index contributed by atoms with van der Waals surface area (Å²) >= 11 is 3.52. The predicted molar refractivity (Wildman–Crippen MR) is 66.1 cm³/mol. The molecule has 1 N–H and O–H groups in total. The minimum Gasteiger partial charge on any atom is -0.312 e. The van der Waals surface area contributed by atoms with Gasteiger partial charge in [0.1, 0.15) is 0 Å². The lowest BCUT2D eigenvalue weighted by atomic mass is 9.79. The third-order valence-corrected chi connectivity index (χ3v) is 3.18. The van der Waals surface area contributed by atoms with Gasteiger partial charge in [-0.2, -0.15) is 0 Å². The summed E-state index contributed by atoms with van der Waals surface area (Å²) in [6.07, 6.45) is 0. The molecule has 0 aliphatic carbocycles. The van der Waals surface area contributed by atoms with E-state index in [1.165, 1.54) is 15.6 Å². The first-order valence-electron chi connectivity index (χ1n) is 4.59. The fraction of sp³-hybridized carbons (Fsp3) is 0.455. The molecule has 0 aromatic heterocycles. The smallest absolute Gasteiger partial charge is 0.0208 e. The quantitative estimate of drug-likeness (QED) is 0.767. The van der Waals surface area contributed by atoms with Gasteiger partial charge in [-0.05, 0) is 23.3 Å². The first-order valence-corrected chi connectivity index (χ1v) is 5.38. The first kappa shape index (κ1) is 12.0. The van der Waals surface area contributed by atoms with Crippen molar-refractivity contribution < 1.29 is 0 Å². The predicted octanol–water partition coefficient (Wildman–Crippen LogP) is 3.25. The maximum Gasteiger partial charge on any atom is 0.0208 e. The highest BCUT2D eigenvalue weighted by atomic mass is 79.9. The van der Waals surface area contributed by atoms with Crippen molar-refractivity contribution in [2.45, 2.75) is 25.8 Å². The van der Waals surface area contributed by atoms with Gasteiger partial charge in [-0.15, -0.1) is 12.4 Å². The molecule has 0 unspecified atom stereocenters. The van der Waals surface area contributed by atoms with E-state index in [0.29, 0.717) is 0 Å². The Hall–Kier alpha value is -0.0500. The molecule has 78 valence electrons. The van der Waals surface area contributed by atoms with Gasteiger partial charge < -0.3 is 5.32 Å². The molecule has 0 fully saturated rings. The van der Waals surface area contributed by atoms with Crippen LogP contribution in [-0.2, 0) is 12.0 Å². The Morgan fingerprint density at radius 1 is 1.36 bits per heavy atom. The Balaban J connectivity index is 0.000000980. The van der Waals surface area contributed by atoms with E-state index in [1.54, 1.807) is 0 Å². The van der Waals surface area contributed by atoms with Crippen LogP contribution in [-0.4, -0.2) is 6.54 Å². The van der Waals surface area contributed by atoms with Gasteiger partial charge in [0.25, 0.3) is 0 Å². The molecule has 0 spiro atoms. The van der Waals surface area contributed by atoms with E-state index in [-0.39, 0.29) is 17.8 Å². The SMILES string of the molecule is CC1(C)CNCc2ccc(Br)cc21.Cl. The van der Waals surface area contributed by atoms with Crippen LogP contribution in [0, 0.1) is 0 Å². The summed E-state index contributed by atoms with van der Waals surface area (Å²) in [5.41, 5.74) is 3.16. The zero-order valence-electron chi connectivity index (χ0n) is 8.43. The number of hydrogen-bond acceptors (Lipinski definition) is 1. The van der Waals surface area contributed by atoms with Gasteiger partial charge in [-0.3, -0.25) is 0 Å². The number of benzene rings is 1. The minimum atomic E-state index is 0. The van der Waals surface area contributed by atoms with Crippen LogP contribution in [0.25, 0.3) is 0 Å². The van der Waals surface area contributed by atoms with Crippen molar-refractivity contribution in [1.29, 1.82) is 0 Å². The van der Waals surface area contributed by atoms with Gasteiger partial charge in [-0.1, -0.05) is 35.8 Å². The van der Waals surface area contributed by atoms with Crippen molar-refractivity contribution in [3.05, 3.63) is 33.8 Å². The largest absolute Gasteiger partial charge is 0.312 e. The van der Waals surface area contributed by atoms with Gasteiger partial charge in [0, 0.05) is 23.0 Å². The molecule has 1 aliphatic rings. The lowest BCUT2D eigenvalue weighted by Crippen LogP contribution is -2.38. The fourth-order valence-electron chi connectivity index (χ4n) is 1.94. The summed E-state index contributed by atoms with van der Waals surface area (Å²) in [5.74, 6) is 0. The lowest BCUT2D eigenvalue weighted by Gasteiger charge is -2.33. The molecular weight excluding hydrogens is 261 g/mol. The molecule has 1 aliphatic heterocycles. The Morgan fingerprint density at radius 3 is 2.79 bits per heavy atom. The number of hydrogen-bond donors (Lipinski definition) is 1. The summed E-state index contributed by atoms with van der Waals surface area (Å²) in [6.45, 7) is 6.64. The maximum atomic E-state index is 3.52. The van der Waals surface area contributed by atoms with Gasteiger partial charge in [0.15, 0.2) is 0 Å². The van der Waals surface area contributed by atoms with Gasteiger partial charge in [-0.25, -0.2) is 0 Å².